The minimum absolute atomic E-state index is 0.146. The van der Waals surface area contributed by atoms with Crippen LogP contribution in [0.4, 0.5) is 4.79 Å². The van der Waals surface area contributed by atoms with E-state index in [9.17, 15) is 4.79 Å². The van der Waals surface area contributed by atoms with E-state index in [2.05, 4.69) is 24.1 Å². The monoisotopic (exact) mass is 325 g/mol. The molecule has 2 atom stereocenters. The normalized spacial score (nSPS) is 26.3. The number of amides is 1. The first kappa shape index (κ1) is 18.5. The van der Waals surface area contributed by atoms with Crippen LogP contribution in [0, 0.1) is 0 Å². The van der Waals surface area contributed by atoms with Gasteiger partial charge in [0, 0.05) is 31.2 Å². The molecule has 0 aliphatic carbocycles. The molecule has 0 radical (unpaired) electrons. The number of nitrogens with zero attached hydrogens (tertiary/aromatic N) is 2. The highest BCUT2D eigenvalue weighted by Crippen LogP contribution is 2.23. The summed E-state index contributed by atoms with van der Waals surface area (Å²) >= 11 is 0. The van der Waals surface area contributed by atoms with E-state index in [0.29, 0.717) is 18.1 Å². The second-order valence-electron chi connectivity index (χ2n) is 8.29. The van der Waals surface area contributed by atoms with Crippen LogP contribution in [0.3, 0.4) is 0 Å². The molecule has 0 aromatic heterocycles. The largest absolute Gasteiger partial charge is 0.444 e. The van der Waals surface area contributed by atoms with Gasteiger partial charge in [-0.1, -0.05) is 0 Å². The fraction of sp³-hybridized carbons (Fsp3) is 0.944. The second kappa shape index (κ2) is 7.84. The third kappa shape index (κ3) is 5.64. The molecule has 134 valence electrons. The van der Waals surface area contributed by atoms with Crippen molar-refractivity contribution in [2.24, 2.45) is 0 Å². The Morgan fingerprint density at radius 3 is 2.61 bits per heavy atom. The van der Waals surface area contributed by atoms with Gasteiger partial charge in [-0.2, -0.15) is 0 Å². The Balaban J connectivity index is 1.71. The summed E-state index contributed by atoms with van der Waals surface area (Å²) in [6.07, 6.45) is 4.31. The Bertz CT molecular complexity index is 392. The van der Waals surface area contributed by atoms with Gasteiger partial charge < -0.3 is 15.0 Å². The van der Waals surface area contributed by atoms with E-state index in [4.69, 9.17) is 4.74 Å². The molecule has 1 N–H and O–H groups in total. The van der Waals surface area contributed by atoms with Crippen LogP contribution >= 0.6 is 0 Å². The number of ether oxygens (including phenoxy) is 1. The fourth-order valence-electron chi connectivity index (χ4n) is 3.57. The highest BCUT2D eigenvalue weighted by atomic mass is 16.6. The standard InChI is InChI=1S/C18H35N3O2/c1-14(2)20-12-9-15(13-20)19-10-8-16-7-6-11-21(16)17(22)23-18(3,4)5/h14-16,19H,6-13H2,1-5H3. The summed E-state index contributed by atoms with van der Waals surface area (Å²) in [5.41, 5.74) is -0.410. The van der Waals surface area contributed by atoms with Gasteiger partial charge in [0.25, 0.3) is 0 Å². The zero-order valence-electron chi connectivity index (χ0n) is 15.6. The molecular weight excluding hydrogens is 290 g/mol. The lowest BCUT2D eigenvalue weighted by Gasteiger charge is -2.29. The van der Waals surface area contributed by atoms with E-state index < -0.39 is 5.60 Å². The molecule has 2 aliphatic rings. The summed E-state index contributed by atoms with van der Waals surface area (Å²) in [6, 6.07) is 1.58. The molecule has 2 saturated heterocycles. The van der Waals surface area contributed by atoms with Gasteiger partial charge in [-0.05, 0) is 73.4 Å². The average Bonchev–Trinajstić information content (AvgIpc) is 3.05. The smallest absolute Gasteiger partial charge is 0.410 e. The third-order valence-corrected chi connectivity index (χ3v) is 4.87. The number of rotatable bonds is 5. The number of carbonyl (C=O) groups is 1. The van der Waals surface area contributed by atoms with E-state index >= 15 is 0 Å². The Hall–Kier alpha value is -0.810. The number of likely N-dealkylation sites (tertiary alicyclic amines) is 2. The molecule has 23 heavy (non-hydrogen) atoms. The molecular formula is C18H35N3O2. The molecule has 0 saturated carbocycles. The zero-order chi connectivity index (χ0) is 17.0. The van der Waals surface area contributed by atoms with Gasteiger partial charge in [-0.15, -0.1) is 0 Å². The van der Waals surface area contributed by atoms with Crippen LogP contribution in [-0.2, 0) is 4.74 Å². The van der Waals surface area contributed by atoms with E-state index in [-0.39, 0.29) is 6.09 Å². The van der Waals surface area contributed by atoms with Gasteiger partial charge in [0.05, 0.1) is 0 Å². The Morgan fingerprint density at radius 2 is 2.00 bits per heavy atom. The second-order valence-corrected chi connectivity index (χ2v) is 8.29. The van der Waals surface area contributed by atoms with E-state index in [1.807, 2.05) is 25.7 Å². The molecule has 2 heterocycles. The van der Waals surface area contributed by atoms with Crippen LogP contribution in [-0.4, -0.2) is 65.8 Å². The van der Waals surface area contributed by atoms with E-state index in [1.54, 1.807) is 0 Å². The Kier molecular flexibility index (Phi) is 6.32. The Morgan fingerprint density at radius 1 is 1.26 bits per heavy atom. The molecule has 2 rings (SSSR count). The van der Waals surface area contributed by atoms with E-state index in [0.717, 1.165) is 38.9 Å². The molecule has 1 amide bonds. The summed E-state index contributed by atoms with van der Waals surface area (Å²) < 4.78 is 5.53. The number of hydrogen-bond donors (Lipinski definition) is 1. The van der Waals surface area contributed by atoms with Crippen molar-refractivity contribution in [3.63, 3.8) is 0 Å². The average molecular weight is 325 g/mol. The van der Waals surface area contributed by atoms with Crippen LogP contribution in [0.1, 0.15) is 60.3 Å². The van der Waals surface area contributed by atoms with Crippen molar-refractivity contribution in [3.05, 3.63) is 0 Å². The maximum atomic E-state index is 12.3. The van der Waals surface area contributed by atoms with Crippen LogP contribution < -0.4 is 5.32 Å². The van der Waals surface area contributed by atoms with Crippen molar-refractivity contribution >= 4 is 6.09 Å². The number of carbonyl (C=O) groups excluding carboxylic acids is 1. The number of hydrogen-bond acceptors (Lipinski definition) is 4. The fourth-order valence-corrected chi connectivity index (χ4v) is 3.57. The molecule has 0 bridgehead atoms. The zero-order valence-corrected chi connectivity index (χ0v) is 15.6. The maximum Gasteiger partial charge on any atom is 0.410 e. The van der Waals surface area contributed by atoms with Gasteiger partial charge in [0.15, 0.2) is 0 Å². The molecule has 0 aromatic carbocycles. The molecule has 5 nitrogen and oxygen atoms in total. The summed E-state index contributed by atoms with van der Waals surface area (Å²) in [6.45, 7) is 14.5. The minimum atomic E-state index is -0.410. The van der Waals surface area contributed by atoms with Crippen molar-refractivity contribution in [2.75, 3.05) is 26.2 Å². The predicted molar refractivity (Wildman–Crippen MR) is 93.7 cm³/mol. The van der Waals surface area contributed by atoms with Gasteiger partial charge in [-0.25, -0.2) is 4.79 Å². The lowest BCUT2D eigenvalue weighted by molar-refractivity contribution is 0.0220. The molecule has 5 heteroatoms. The van der Waals surface area contributed by atoms with Crippen molar-refractivity contribution in [2.45, 2.75) is 84.0 Å². The van der Waals surface area contributed by atoms with Gasteiger partial charge >= 0.3 is 6.09 Å². The Labute approximate surface area is 141 Å². The topological polar surface area (TPSA) is 44.8 Å². The summed E-state index contributed by atoms with van der Waals surface area (Å²) in [4.78, 5) is 16.7. The maximum absolute atomic E-state index is 12.3. The highest BCUT2D eigenvalue weighted by molar-refractivity contribution is 5.68. The molecule has 2 fully saturated rings. The first-order valence-electron chi connectivity index (χ1n) is 9.23. The summed E-state index contributed by atoms with van der Waals surface area (Å²) in [7, 11) is 0. The quantitative estimate of drug-likeness (QED) is 0.844. The third-order valence-electron chi connectivity index (χ3n) is 4.87. The highest BCUT2D eigenvalue weighted by Gasteiger charge is 2.32. The first-order valence-corrected chi connectivity index (χ1v) is 9.23. The molecule has 0 spiro atoms. The van der Waals surface area contributed by atoms with Crippen molar-refractivity contribution in [3.8, 4) is 0 Å². The van der Waals surface area contributed by atoms with Crippen LogP contribution in [0.15, 0.2) is 0 Å². The summed E-state index contributed by atoms with van der Waals surface area (Å²) in [5, 5.41) is 3.68. The number of nitrogens with one attached hydrogen (secondary N) is 1. The van der Waals surface area contributed by atoms with Gasteiger partial charge in [0.2, 0.25) is 0 Å². The summed E-state index contributed by atoms with van der Waals surface area (Å²) in [5.74, 6) is 0. The van der Waals surface area contributed by atoms with Gasteiger partial charge in [0.1, 0.15) is 5.60 Å². The van der Waals surface area contributed by atoms with Crippen LogP contribution in [0.2, 0.25) is 0 Å². The lowest BCUT2D eigenvalue weighted by Crippen LogP contribution is -2.42. The van der Waals surface area contributed by atoms with Crippen molar-refractivity contribution < 1.29 is 9.53 Å². The van der Waals surface area contributed by atoms with Crippen molar-refractivity contribution in [1.29, 1.82) is 0 Å². The SMILES string of the molecule is CC(C)N1CCC(NCCC2CCCN2C(=O)OC(C)(C)C)C1. The first-order chi connectivity index (χ1) is 10.8. The van der Waals surface area contributed by atoms with Gasteiger partial charge in [-0.3, -0.25) is 4.90 Å². The van der Waals surface area contributed by atoms with Crippen LogP contribution in [0.25, 0.3) is 0 Å². The van der Waals surface area contributed by atoms with Crippen molar-refractivity contribution in [1.82, 2.24) is 15.1 Å². The molecule has 2 aliphatic heterocycles. The lowest BCUT2D eigenvalue weighted by atomic mass is 10.1. The minimum Gasteiger partial charge on any atom is -0.444 e. The predicted octanol–water partition coefficient (Wildman–Crippen LogP) is 2.85. The van der Waals surface area contributed by atoms with Crippen LogP contribution in [0.5, 0.6) is 0 Å². The van der Waals surface area contributed by atoms with E-state index in [1.165, 1.54) is 13.0 Å². The molecule has 0 aromatic rings. The molecule has 2 unspecified atom stereocenters.